The Bertz CT molecular complexity index is 420. The van der Waals surface area contributed by atoms with Crippen LogP contribution in [-0.2, 0) is 14.3 Å². The van der Waals surface area contributed by atoms with Gasteiger partial charge in [-0.15, -0.1) is 0 Å². The van der Waals surface area contributed by atoms with E-state index in [1.54, 1.807) is 4.90 Å². The van der Waals surface area contributed by atoms with Crippen molar-refractivity contribution >= 4 is 11.8 Å². The summed E-state index contributed by atoms with van der Waals surface area (Å²) in [5.74, 6) is 1.44. The summed E-state index contributed by atoms with van der Waals surface area (Å²) in [6.45, 7) is 2.32. The summed E-state index contributed by atoms with van der Waals surface area (Å²) in [5.41, 5.74) is 0. The first kappa shape index (κ1) is 15.8. The Morgan fingerprint density at radius 1 is 1.27 bits per heavy atom. The molecule has 22 heavy (non-hydrogen) atoms. The Kier molecular flexibility index (Phi) is 5.01. The lowest BCUT2D eigenvalue weighted by atomic mass is 9.91. The first-order valence-electron chi connectivity index (χ1n) is 8.76. The van der Waals surface area contributed by atoms with Gasteiger partial charge in [-0.3, -0.25) is 9.59 Å². The van der Waals surface area contributed by atoms with E-state index in [1.807, 2.05) is 11.9 Å². The molecule has 2 saturated heterocycles. The van der Waals surface area contributed by atoms with Gasteiger partial charge in [0.1, 0.15) is 6.61 Å². The second-order valence-electron chi connectivity index (χ2n) is 7.16. The van der Waals surface area contributed by atoms with Crippen LogP contribution in [0.15, 0.2) is 0 Å². The number of hydrogen-bond acceptors (Lipinski definition) is 3. The van der Waals surface area contributed by atoms with Crippen molar-refractivity contribution in [2.45, 2.75) is 51.0 Å². The van der Waals surface area contributed by atoms with Gasteiger partial charge < -0.3 is 14.5 Å². The maximum Gasteiger partial charge on any atom is 0.248 e. The third kappa shape index (κ3) is 3.45. The summed E-state index contributed by atoms with van der Waals surface area (Å²) in [6.07, 6.45) is 7.92. The Labute approximate surface area is 133 Å². The maximum atomic E-state index is 12.5. The van der Waals surface area contributed by atoms with Crippen LogP contribution in [0, 0.1) is 11.8 Å². The number of ether oxygens (including phenoxy) is 1. The van der Waals surface area contributed by atoms with E-state index in [2.05, 4.69) is 0 Å². The van der Waals surface area contributed by atoms with Gasteiger partial charge in [-0.2, -0.15) is 0 Å². The average Bonchev–Trinajstić information content (AvgIpc) is 3.00. The molecule has 0 unspecified atom stereocenters. The lowest BCUT2D eigenvalue weighted by Gasteiger charge is -2.41. The van der Waals surface area contributed by atoms with E-state index >= 15 is 0 Å². The lowest BCUT2D eigenvalue weighted by molar-refractivity contribution is -0.139. The van der Waals surface area contributed by atoms with Crippen LogP contribution < -0.4 is 0 Å². The standard InChI is InChI=1S/C17H28N2O3/c1-18-15-10-19(9-8-14(15)11-22-12-17(18)21)16(20)7-6-13-4-2-3-5-13/h13-15H,2-12H2,1H3/t14-,15-/m0/s1. The van der Waals surface area contributed by atoms with Crippen molar-refractivity contribution in [3.63, 3.8) is 0 Å². The largest absolute Gasteiger partial charge is 0.371 e. The van der Waals surface area contributed by atoms with Gasteiger partial charge in [-0.25, -0.2) is 0 Å². The summed E-state index contributed by atoms with van der Waals surface area (Å²) in [6, 6.07) is 0.124. The molecule has 0 aromatic heterocycles. The normalized spacial score (nSPS) is 30.3. The number of nitrogens with zero attached hydrogens (tertiary/aromatic N) is 2. The fourth-order valence-corrected chi connectivity index (χ4v) is 4.21. The number of rotatable bonds is 3. The third-order valence-electron chi connectivity index (χ3n) is 5.76. The monoisotopic (exact) mass is 308 g/mol. The first-order valence-corrected chi connectivity index (χ1v) is 8.76. The molecule has 0 aromatic carbocycles. The highest BCUT2D eigenvalue weighted by Crippen LogP contribution is 2.30. The van der Waals surface area contributed by atoms with Crippen LogP contribution >= 0.6 is 0 Å². The highest BCUT2D eigenvalue weighted by atomic mass is 16.5. The Morgan fingerprint density at radius 2 is 2.05 bits per heavy atom. The van der Waals surface area contributed by atoms with Crippen LogP contribution in [0.4, 0.5) is 0 Å². The Balaban J connectivity index is 1.54. The fourth-order valence-electron chi connectivity index (χ4n) is 4.21. The molecule has 124 valence electrons. The molecule has 3 rings (SSSR count). The highest BCUT2D eigenvalue weighted by molar-refractivity contribution is 5.78. The summed E-state index contributed by atoms with van der Waals surface area (Å²) in [4.78, 5) is 28.2. The number of likely N-dealkylation sites (N-methyl/N-ethyl adjacent to an activating group) is 1. The SMILES string of the molecule is CN1C(=O)COC[C@@H]2CCN(C(=O)CCC3CCCC3)C[C@@H]21. The maximum absolute atomic E-state index is 12.5. The van der Waals surface area contributed by atoms with Crippen LogP contribution in [0.2, 0.25) is 0 Å². The second kappa shape index (κ2) is 6.99. The van der Waals surface area contributed by atoms with Crippen molar-refractivity contribution in [3.8, 4) is 0 Å². The minimum Gasteiger partial charge on any atom is -0.371 e. The second-order valence-corrected chi connectivity index (χ2v) is 7.16. The molecule has 0 spiro atoms. The molecular formula is C17H28N2O3. The number of amides is 2. The molecule has 2 heterocycles. The molecule has 1 saturated carbocycles. The molecule has 0 N–H and O–H groups in total. The zero-order valence-electron chi connectivity index (χ0n) is 13.6. The van der Waals surface area contributed by atoms with E-state index in [1.165, 1.54) is 25.7 Å². The molecule has 2 atom stereocenters. The topological polar surface area (TPSA) is 49.9 Å². The van der Waals surface area contributed by atoms with Gasteiger partial charge in [0.2, 0.25) is 11.8 Å². The quantitative estimate of drug-likeness (QED) is 0.797. The highest BCUT2D eigenvalue weighted by Gasteiger charge is 2.37. The molecule has 1 aliphatic carbocycles. The third-order valence-corrected chi connectivity index (χ3v) is 5.76. The van der Waals surface area contributed by atoms with E-state index in [0.717, 1.165) is 25.3 Å². The molecule has 3 aliphatic rings. The minimum absolute atomic E-state index is 0.0350. The van der Waals surface area contributed by atoms with E-state index < -0.39 is 0 Å². The summed E-state index contributed by atoms with van der Waals surface area (Å²) < 4.78 is 5.46. The zero-order valence-corrected chi connectivity index (χ0v) is 13.6. The van der Waals surface area contributed by atoms with Crippen molar-refractivity contribution in [2.24, 2.45) is 11.8 Å². The van der Waals surface area contributed by atoms with Gasteiger partial charge in [0.15, 0.2) is 0 Å². The molecule has 0 radical (unpaired) electrons. The number of piperidine rings is 1. The Morgan fingerprint density at radius 3 is 2.82 bits per heavy atom. The fraction of sp³-hybridized carbons (Fsp3) is 0.882. The van der Waals surface area contributed by atoms with E-state index in [4.69, 9.17) is 4.74 Å². The molecule has 5 nitrogen and oxygen atoms in total. The number of fused-ring (bicyclic) bond motifs is 1. The summed E-state index contributed by atoms with van der Waals surface area (Å²) in [7, 11) is 1.85. The molecule has 2 amide bonds. The summed E-state index contributed by atoms with van der Waals surface area (Å²) in [5, 5.41) is 0. The van der Waals surface area contributed by atoms with Crippen molar-refractivity contribution in [1.29, 1.82) is 0 Å². The van der Waals surface area contributed by atoms with Crippen LogP contribution in [0.5, 0.6) is 0 Å². The van der Waals surface area contributed by atoms with Crippen LogP contribution in [-0.4, -0.2) is 61.0 Å². The molecule has 2 aliphatic heterocycles. The Hall–Kier alpha value is -1.10. The van der Waals surface area contributed by atoms with Crippen LogP contribution in [0.3, 0.4) is 0 Å². The van der Waals surface area contributed by atoms with Crippen molar-refractivity contribution < 1.29 is 14.3 Å². The van der Waals surface area contributed by atoms with Crippen LogP contribution in [0.1, 0.15) is 44.9 Å². The number of hydrogen-bond donors (Lipinski definition) is 0. The zero-order chi connectivity index (χ0) is 15.5. The molecule has 0 bridgehead atoms. The van der Waals surface area contributed by atoms with Gasteiger partial charge in [-0.1, -0.05) is 25.7 Å². The van der Waals surface area contributed by atoms with Gasteiger partial charge in [0.05, 0.1) is 12.6 Å². The van der Waals surface area contributed by atoms with Gasteiger partial charge >= 0.3 is 0 Å². The number of likely N-dealkylation sites (tertiary alicyclic amines) is 1. The van der Waals surface area contributed by atoms with E-state index in [0.29, 0.717) is 25.5 Å². The minimum atomic E-state index is 0.0350. The van der Waals surface area contributed by atoms with Crippen LogP contribution in [0.25, 0.3) is 0 Å². The molecule has 3 fully saturated rings. The van der Waals surface area contributed by atoms with E-state index in [-0.39, 0.29) is 24.5 Å². The summed E-state index contributed by atoms with van der Waals surface area (Å²) >= 11 is 0. The predicted octanol–water partition coefficient (Wildman–Crippen LogP) is 1.66. The number of carbonyl (C=O) groups excluding carboxylic acids is 2. The van der Waals surface area contributed by atoms with Crippen molar-refractivity contribution in [2.75, 3.05) is 33.4 Å². The average molecular weight is 308 g/mol. The predicted molar refractivity (Wildman–Crippen MR) is 83.3 cm³/mol. The smallest absolute Gasteiger partial charge is 0.248 e. The van der Waals surface area contributed by atoms with Gasteiger partial charge in [-0.05, 0) is 18.8 Å². The lowest BCUT2D eigenvalue weighted by Crippen LogP contribution is -2.54. The molecule has 5 heteroatoms. The van der Waals surface area contributed by atoms with Gasteiger partial charge in [0.25, 0.3) is 0 Å². The van der Waals surface area contributed by atoms with Crippen molar-refractivity contribution in [3.05, 3.63) is 0 Å². The van der Waals surface area contributed by atoms with Gasteiger partial charge in [0, 0.05) is 32.5 Å². The number of carbonyl (C=O) groups is 2. The van der Waals surface area contributed by atoms with Crippen molar-refractivity contribution in [1.82, 2.24) is 9.80 Å². The molecular weight excluding hydrogens is 280 g/mol. The molecule has 0 aromatic rings. The van der Waals surface area contributed by atoms with E-state index in [9.17, 15) is 9.59 Å². The first-order chi connectivity index (χ1) is 10.6.